The van der Waals surface area contributed by atoms with Crippen LogP contribution in [0.4, 0.5) is 0 Å². The molecule has 5 heteroatoms. The van der Waals surface area contributed by atoms with E-state index < -0.39 is 5.97 Å². The number of esters is 1. The van der Waals surface area contributed by atoms with Gasteiger partial charge < -0.3 is 15.0 Å². The number of carbonyl (C=O) groups is 2. The Labute approximate surface area is 97.8 Å². The third kappa shape index (κ3) is 2.28. The lowest BCUT2D eigenvalue weighted by molar-refractivity contribution is -0.139. The van der Waals surface area contributed by atoms with Gasteiger partial charge in [0.1, 0.15) is 6.54 Å². The molecule has 5 nitrogen and oxygen atoms in total. The van der Waals surface area contributed by atoms with Crippen LogP contribution < -0.4 is 5.32 Å². The van der Waals surface area contributed by atoms with Gasteiger partial charge >= 0.3 is 5.97 Å². The molecule has 0 saturated carbocycles. The van der Waals surface area contributed by atoms with Gasteiger partial charge in [-0.1, -0.05) is 6.07 Å². The van der Waals surface area contributed by atoms with Crippen molar-refractivity contribution in [3.63, 3.8) is 0 Å². The van der Waals surface area contributed by atoms with E-state index in [4.69, 9.17) is 0 Å². The summed E-state index contributed by atoms with van der Waals surface area (Å²) < 4.78 is 4.45. The summed E-state index contributed by atoms with van der Waals surface area (Å²) in [6, 6.07) is 7.20. The van der Waals surface area contributed by atoms with Gasteiger partial charge in [0.15, 0.2) is 0 Å². The largest absolute Gasteiger partial charge is 0.468 e. The quantitative estimate of drug-likeness (QED) is 0.777. The molecule has 1 amide bonds. The zero-order valence-electron chi connectivity index (χ0n) is 9.32. The molecule has 0 unspecified atom stereocenters. The second-order valence-corrected chi connectivity index (χ2v) is 3.50. The number of rotatable bonds is 3. The van der Waals surface area contributed by atoms with Gasteiger partial charge in [0.2, 0.25) is 0 Å². The zero-order valence-corrected chi connectivity index (χ0v) is 9.32. The summed E-state index contributed by atoms with van der Waals surface area (Å²) in [6.07, 6.45) is 1.77. The Hall–Kier alpha value is -2.30. The Morgan fingerprint density at radius 1 is 1.35 bits per heavy atom. The summed E-state index contributed by atoms with van der Waals surface area (Å²) in [4.78, 5) is 25.8. The van der Waals surface area contributed by atoms with Crippen molar-refractivity contribution in [2.45, 2.75) is 0 Å². The number of fused-ring (bicyclic) bond motifs is 1. The topological polar surface area (TPSA) is 71.2 Å². The van der Waals surface area contributed by atoms with Crippen LogP contribution in [0.2, 0.25) is 0 Å². The maximum absolute atomic E-state index is 11.8. The van der Waals surface area contributed by atoms with Gasteiger partial charge in [-0.05, 0) is 18.2 Å². The van der Waals surface area contributed by atoms with Gasteiger partial charge in [0.05, 0.1) is 7.11 Å². The fourth-order valence-corrected chi connectivity index (χ4v) is 1.60. The molecular weight excluding hydrogens is 220 g/mol. The van der Waals surface area contributed by atoms with Crippen LogP contribution >= 0.6 is 0 Å². The number of hydrogen-bond donors (Lipinski definition) is 2. The Morgan fingerprint density at radius 2 is 2.18 bits per heavy atom. The number of hydrogen-bond acceptors (Lipinski definition) is 3. The summed E-state index contributed by atoms with van der Waals surface area (Å²) in [5.74, 6) is -0.764. The van der Waals surface area contributed by atoms with Crippen LogP contribution in [0.15, 0.2) is 30.5 Å². The molecule has 17 heavy (non-hydrogen) atoms. The minimum atomic E-state index is -0.473. The van der Waals surface area contributed by atoms with Crippen molar-refractivity contribution in [1.82, 2.24) is 10.3 Å². The van der Waals surface area contributed by atoms with Crippen molar-refractivity contribution in [3.8, 4) is 0 Å². The van der Waals surface area contributed by atoms with Crippen molar-refractivity contribution in [2.24, 2.45) is 0 Å². The predicted molar refractivity (Wildman–Crippen MR) is 62.6 cm³/mol. The summed E-state index contributed by atoms with van der Waals surface area (Å²) in [6.45, 7) is -0.129. The number of nitrogens with one attached hydrogen (secondary N) is 2. The third-order valence-electron chi connectivity index (χ3n) is 2.46. The van der Waals surface area contributed by atoms with Crippen LogP contribution in [0.1, 0.15) is 10.4 Å². The van der Waals surface area contributed by atoms with E-state index >= 15 is 0 Å². The van der Waals surface area contributed by atoms with Crippen molar-refractivity contribution < 1.29 is 14.3 Å². The average Bonchev–Trinajstić information content (AvgIpc) is 2.83. The Bertz CT molecular complexity index is 560. The highest BCUT2D eigenvalue weighted by molar-refractivity contribution is 6.07. The molecular formula is C12H12N2O3. The van der Waals surface area contributed by atoms with Crippen molar-refractivity contribution in [2.75, 3.05) is 13.7 Å². The highest BCUT2D eigenvalue weighted by atomic mass is 16.5. The lowest BCUT2D eigenvalue weighted by Gasteiger charge is -2.04. The van der Waals surface area contributed by atoms with E-state index in [-0.39, 0.29) is 12.5 Å². The number of amides is 1. The first-order chi connectivity index (χ1) is 8.22. The molecule has 1 heterocycles. The molecule has 0 atom stereocenters. The lowest BCUT2D eigenvalue weighted by atomic mass is 10.1. The van der Waals surface area contributed by atoms with Gasteiger partial charge in [0, 0.05) is 22.7 Å². The molecule has 0 saturated heterocycles. The second-order valence-electron chi connectivity index (χ2n) is 3.50. The number of aromatic amines is 1. The molecule has 0 radical (unpaired) electrons. The highest BCUT2D eigenvalue weighted by Crippen LogP contribution is 2.16. The van der Waals surface area contributed by atoms with Crippen LogP contribution in [-0.2, 0) is 9.53 Å². The molecule has 0 aliphatic heterocycles. The molecule has 1 aromatic heterocycles. The fourth-order valence-electron chi connectivity index (χ4n) is 1.60. The standard InChI is InChI=1S/C12H12N2O3/c1-17-11(15)7-14-12(16)9-3-2-4-10-8(9)5-6-13-10/h2-6,13H,7H2,1H3,(H,14,16). The van der Waals surface area contributed by atoms with Crippen LogP contribution in [0, 0.1) is 0 Å². The minimum absolute atomic E-state index is 0.129. The third-order valence-corrected chi connectivity index (χ3v) is 2.46. The highest BCUT2D eigenvalue weighted by Gasteiger charge is 2.11. The number of ether oxygens (including phenoxy) is 1. The normalized spacial score (nSPS) is 10.2. The second kappa shape index (κ2) is 4.69. The first-order valence-electron chi connectivity index (χ1n) is 5.13. The van der Waals surface area contributed by atoms with E-state index in [0.717, 1.165) is 10.9 Å². The van der Waals surface area contributed by atoms with E-state index in [1.165, 1.54) is 7.11 Å². The monoisotopic (exact) mass is 232 g/mol. The molecule has 1 aromatic carbocycles. The maximum atomic E-state index is 11.8. The van der Waals surface area contributed by atoms with Gasteiger partial charge in [-0.2, -0.15) is 0 Å². The van der Waals surface area contributed by atoms with Crippen LogP contribution in [0.25, 0.3) is 10.9 Å². The van der Waals surface area contributed by atoms with Crippen LogP contribution in [-0.4, -0.2) is 30.5 Å². The van der Waals surface area contributed by atoms with E-state index in [2.05, 4.69) is 15.0 Å². The number of benzene rings is 1. The number of carbonyl (C=O) groups excluding carboxylic acids is 2. The van der Waals surface area contributed by atoms with E-state index in [9.17, 15) is 9.59 Å². The molecule has 88 valence electrons. The van der Waals surface area contributed by atoms with Gasteiger partial charge in [-0.25, -0.2) is 0 Å². The Kier molecular flexibility index (Phi) is 3.09. The van der Waals surface area contributed by atoms with Crippen molar-refractivity contribution in [1.29, 1.82) is 0 Å². The molecule has 2 aromatic rings. The number of aromatic nitrogens is 1. The molecule has 0 bridgehead atoms. The Balaban J connectivity index is 2.19. The van der Waals surface area contributed by atoms with E-state index in [0.29, 0.717) is 5.56 Å². The van der Waals surface area contributed by atoms with E-state index in [1.807, 2.05) is 12.1 Å². The molecule has 2 rings (SSSR count). The summed E-state index contributed by atoms with van der Waals surface area (Å²) in [5, 5.41) is 3.33. The molecule has 0 aliphatic carbocycles. The molecule has 0 spiro atoms. The van der Waals surface area contributed by atoms with Gasteiger partial charge in [-0.15, -0.1) is 0 Å². The molecule has 2 N–H and O–H groups in total. The van der Waals surface area contributed by atoms with Gasteiger partial charge in [-0.3, -0.25) is 9.59 Å². The lowest BCUT2D eigenvalue weighted by Crippen LogP contribution is -2.30. The predicted octanol–water partition coefficient (Wildman–Crippen LogP) is 1.07. The number of H-pyrrole nitrogens is 1. The summed E-state index contributed by atoms with van der Waals surface area (Å²) >= 11 is 0. The fraction of sp³-hybridized carbons (Fsp3) is 0.167. The average molecular weight is 232 g/mol. The zero-order chi connectivity index (χ0) is 12.3. The first-order valence-corrected chi connectivity index (χ1v) is 5.13. The molecule has 0 fully saturated rings. The maximum Gasteiger partial charge on any atom is 0.325 e. The first kappa shape index (κ1) is 11.2. The van der Waals surface area contributed by atoms with Crippen LogP contribution in [0.5, 0.6) is 0 Å². The van der Waals surface area contributed by atoms with Crippen LogP contribution in [0.3, 0.4) is 0 Å². The Morgan fingerprint density at radius 3 is 2.94 bits per heavy atom. The van der Waals surface area contributed by atoms with Gasteiger partial charge in [0.25, 0.3) is 5.91 Å². The van der Waals surface area contributed by atoms with E-state index in [1.54, 1.807) is 18.3 Å². The summed E-state index contributed by atoms with van der Waals surface area (Å²) in [5.41, 5.74) is 1.42. The van der Waals surface area contributed by atoms with Crippen molar-refractivity contribution in [3.05, 3.63) is 36.0 Å². The summed E-state index contributed by atoms with van der Waals surface area (Å²) in [7, 11) is 1.28. The SMILES string of the molecule is COC(=O)CNC(=O)c1cccc2[nH]ccc12. The minimum Gasteiger partial charge on any atom is -0.468 e. The number of methoxy groups -OCH3 is 1. The van der Waals surface area contributed by atoms with Crippen molar-refractivity contribution >= 4 is 22.8 Å². The molecule has 0 aliphatic rings. The smallest absolute Gasteiger partial charge is 0.325 e.